The molecule has 0 aliphatic carbocycles. The number of carboxylic acids is 1. The molecule has 2 amide bonds. The van der Waals surface area contributed by atoms with Gasteiger partial charge in [0.2, 0.25) is 18.6 Å². The Balaban J connectivity index is 0.000000681. The lowest BCUT2D eigenvalue weighted by molar-refractivity contribution is -0.271. The molecular weight excluding hydrogens is 596 g/mol. The lowest BCUT2D eigenvalue weighted by Crippen LogP contribution is -2.61. The average Bonchev–Trinajstić information content (AvgIpc) is 2.99. The van der Waals surface area contributed by atoms with Gasteiger partial charge in [0.05, 0.1) is 32.0 Å². The highest BCUT2D eigenvalue weighted by Gasteiger charge is 2.48. The predicted octanol–water partition coefficient (Wildman–Crippen LogP) is -1.01. The number of hydrogen-bond donors (Lipinski definition) is 7. The fourth-order valence-corrected chi connectivity index (χ4v) is 3.56. The Labute approximate surface area is 252 Å². The summed E-state index contributed by atoms with van der Waals surface area (Å²) in [6, 6.07) is 2.06. The highest BCUT2D eigenvalue weighted by atomic mass is 19.3. The summed E-state index contributed by atoms with van der Waals surface area (Å²) in [6.45, 7) is 5.52. The predicted molar refractivity (Wildman–Crippen MR) is 149 cm³/mol. The first-order valence-electron chi connectivity index (χ1n) is 13.4. The lowest BCUT2D eigenvalue weighted by Gasteiger charge is -2.38. The van der Waals surface area contributed by atoms with E-state index in [1.165, 1.54) is 6.07 Å². The van der Waals surface area contributed by atoms with Crippen LogP contribution < -0.4 is 21.1 Å². The zero-order chi connectivity index (χ0) is 33.1. The van der Waals surface area contributed by atoms with Gasteiger partial charge in [0.15, 0.2) is 6.10 Å². The Kier molecular flexibility index (Phi) is 18.6. The van der Waals surface area contributed by atoms with Crippen LogP contribution in [0.3, 0.4) is 0 Å². The quantitative estimate of drug-likeness (QED) is 0.0583. The van der Waals surface area contributed by atoms with E-state index in [9.17, 15) is 38.5 Å². The third-order valence-electron chi connectivity index (χ3n) is 5.74. The number of hydrogen-bond acceptors (Lipinski definition) is 12. The molecule has 0 saturated carbocycles. The number of amides is 2. The summed E-state index contributed by atoms with van der Waals surface area (Å²) in [4.78, 5) is 34.0. The molecule has 1 saturated heterocycles. The number of benzene rings is 1. The van der Waals surface area contributed by atoms with Crippen LogP contribution >= 0.6 is 0 Å². The summed E-state index contributed by atoms with van der Waals surface area (Å²) >= 11 is 0. The average molecular weight is 636 g/mol. The number of carbonyl (C=O) groups excluding carboxylic acids is 2. The van der Waals surface area contributed by atoms with Crippen LogP contribution in [0.1, 0.15) is 25.3 Å². The van der Waals surface area contributed by atoms with Crippen LogP contribution in [0.4, 0.5) is 14.5 Å². The third kappa shape index (κ3) is 13.0. The maximum Gasteiger partial charge on any atom is 0.335 e. The minimum atomic E-state index is -3.12. The standard InChI is InChI=1S/C18H23F2N3O9.C9H16O3/c19-15(20)8-5-7(23-16(28)9(3-4-21)22-6-24)1-2-10(8)31-18-13(27)11(25)12(26)14(32-18)17(29)30;1-3-5-11-8-9-12-7-6-10-4-2/h1-2,5-6,9,11-15,18,25-27H,3-4,21H2,(H,22,24)(H,23,28)(H,29,30);1H,4-9H2,2H3. The van der Waals surface area contributed by atoms with Crippen molar-refractivity contribution in [1.82, 2.24) is 5.32 Å². The van der Waals surface area contributed by atoms with Gasteiger partial charge in [-0.1, -0.05) is 5.92 Å². The summed E-state index contributed by atoms with van der Waals surface area (Å²) in [5.41, 5.74) is 4.55. The number of ether oxygens (including phenoxy) is 5. The van der Waals surface area contributed by atoms with E-state index in [4.69, 9.17) is 40.9 Å². The van der Waals surface area contributed by atoms with E-state index >= 15 is 0 Å². The molecule has 1 aliphatic heterocycles. The van der Waals surface area contributed by atoms with Gasteiger partial charge >= 0.3 is 5.97 Å². The molecule has 1 aliphatic rings. The largest absolute Gasteiger partial charge is 0.479 e. The topological polar surface area (TPSA) is 228 Å². The molecule has 1 aromatic rings. The second-order valence-electron chi connectivity index (χ2n) is 8.88. The summed E-state index contributed by atoms with van der Waals surface area (Å²) in [7, 11) is 0. The smallest absolute Gasteiger partial charge is 0.335 e. The van der Waals surface area contributed by atoms with Gasteiger partial charge in [-0.25, -0.2) is 13.6 Å². The van der Waals surface area contributed by atoms with Crippen molar-refractivity contribution >= 4 is 24.0 Å². The Morgan fingerprint density at radius 1 is 1.11 bits per heavy atom. The number of rotatable bonds is 18. The Bertz CT molecular complexity index is 1060. The number of terminal acetylenes is 1. The summed E-state index contributed by atoms with van der Waals surface area (Å²) in [5, 5.41) is 43.1. The number of anilines is 1. The molecular formula is C27H39F2N3O12. The first kappa shape index (κ1) is 38.6. The second-order valence-corrected chi connectivity index (χ2v) is 8.88. The van der Waals surface area contributed by atoms with Crippen LogP contribution in [-0.4, -0.2) is 122 Å². The van der Waals surface area contributed by atoms with Crippen molar-refractivity contribution in [2.45, 2.75) is 56.5 Å². The molecule has 1 aromatic carbocycles. The lowest BCUT2D eigenvalue weighted by atomic mass is 9.99. The Morgan fingerprint density at radius 3 is 2.34 bits per heavy atom. The first-order valence-corrected chi connectivity index (χ1v) is 13.4. The number of carbonyl (C=O) groups is 3. The van der Waals surface area contributed by atoms with E-state index in [0.29, 0.717) is 39.4 Å². The molecule has 1 fully saturated rings. The monoisotopic (exact) mass is 635 g/mol. The summed E-state index contributed by atoms with van der Waals surface area (Å²) in [5.74, 6) is -0.523. The molecule has 1 heterocycles. The van der Waals surface area contributed by atoms with Crippen molar-refractivity contribution in [3.63, 3.8) is 0 Å². The van der Waals surface area contributed by atoms with Crippen molar-refractivity contribution in [2.75, 3.05) is 51.5 Å². The van der Waals surface area contributed by atoms with Crippen LogP contribution in [0.2, 0.25) is 0 Å². The second kappa shape index (κ2) is 21.3. The van der Waals surface area contributed by atoms with Crippen molar-refractivity contribution < 1.29 is 67.3 Å². The number of aliphatic carboxylic acids is 1. The molecule has 6 atom stereocenters. The number of nitrogens with two attached hydrogens (primary N) is 1. The van der Waals surface area contributed by atoms with Crippen molar-refractivity contribution in [3.05, 3.63) is 23.8 Å². The zero-order valence-electron chi connectivity index (χ0n) is 24.0. The van der Waals surface area contributed by atoms with Gasteiger partial charge in [0, 0.05) is 12.3 Å². The normalized spacial score (nSPS) is 21.8. The number of aliphatic hydroxyl groups is 3. The number of nitrogens with one attached hydrogen (secondary N) is 2. The fraction of sp³-hybridized carbons (Fsp3) is 0.593. The molecule has 15 nitrogen and oxygen atoms in total. The van der Waals surface area contributed by atoms with Gasteiger partial charge in [-0.2, -0.15) is 0 Å². The minimum absolute atomic E-state index is 0.0728. The van der Waals surface area contributed by atoms with E-state index in [1.807, 2.05) is 6.92 Å². The molecule has 8 N–H and O–H groups in total. The number of alkyl halides is 2. The number of carboxylic acid groups (broad SMARTS) is 1. The Hall–Kier alpha value is -3.47. The summed E-state index contributed by atoms with van der Waals surface area (Å²) < 4.78 is 52.5. The van der Waals surface area contributed by atoms with Gasteiger partial charge in [-0.15, -0.1) is 6.42 Å². The van der Waals surface area contributed by atoms with Crippen LogP contribution in [0.25, 0.3) is 0 Å². The van der Waals surface area contributed by atoms with Crippen molar-refractivity contribution in [1.29, 1.82) is 0 Å². The molecule has 44 heavy (non-hydrogen) atoms. The highest BCUT2D eigenvalue weighted by molar-refractivity contribution is 5.96. The molecule has 2 rings (SSSR count). The minimum Gasteiger partial charge on any atom is -0.479 e. The Morgan fingerprint density at radius 2 is 1.77 bits per heavy atom. The van der Waals surface area contributed by atoms with Crippen LogP contribution in [0.15, 0.2) is 18.2 Å². The maximum absolute atomic E-state index is 13.6. The van der Waals surface area contributed by atoms with E-state index in [1.54, 1.807) is 0 Å². The molecule has 6 unspecified atom stereocenters. The number of aliphatic hydroxyl groups excluding tert-OH is 3. The third-order valence-corrected chi connectivity index (χ3v) is 5.74. The molecule has 0 spiro atoms. The maximum atomic E-state index is 13.6. The van der Waals surface area contributed by atoms with Crippen molar-refractivity contribution in [2.24, 2.45) is 5.73 Å². The summed E-state index contributed by atoms with van der Waals surface area (Å²) in [6.07, 6.45) is -7.52. The van der Waals surface area contributed by atoms with Gasteiger partial charge in [0.25, 0.3) is 6.43 Å². The van der Waals surface area contributed by atoms with Crippen LogP contribution in [-0.2, 0) is 33.3 Å². The van der Waals surface area contributed by atoms with E-state index < -0.39 is 66.4 Å². The van der Waals surface area contributed by atoms with Crippen LogP contribution in [0, 0.1) is 12.3 Å². The zero-order valence-corrected chi connectivity index (χ0v) is 24.0. The SMILES string of the molecule is C#CCOCCOCCOCC.NCCC(NC=O)C(=O)Nc1ccc(OC2OC(C(=O)O)C(O)C(O)C2O)c(C(F)F)c1. The molecule has 0 aromatic heterocycles. The molecule has 0 bridgehead atoms. The van der Waals surface area contributed by atoms with Gasteiger partial charge in [-0.05, 0) is 38.1 Å². The van der Waals surface area contributed by atoms with E-state index in [2.05, 4.69) is 16.6 Å². The van der Waals surface area contributed by atoms with Crippen molar-refractivity contribution in [3.8, 4) is 18.1 Å². The van der Waals surface area contributed by atoms with E-state index in [0.717, 1.165) is 18.7 Å². The number of halogens is 2. The fourth-order valence-electron chi connectivity index (χ4n) is 3.56. The molecule has 17 heteroatoms. The van der Waals surface area contributed by atoms with E-state index in [-0.39, 0.29) is 18.7 Å². The first-order chi connectivity index (χ1) is 21.0. The van der Waals surface area contributed by atoms with Gasteiger partial charge in [0.1, 0.15) is 36.7 Å². The molecule has 248 valence electrons. The van der Waals surface area contributed by atoms with Crippen LogP contribution in [0.5, 0.6) is 5.75 Å². The van der Waals surface area contributed by atoms with Gasteiger partial charge < -0.3 is 60.5 Å². The van der Waals surface area contributed by atoms with Gasteiger partial charge in [-0.3, -0.25) is 9.59 Å². The molecule has 0 radical (unpaired) electrons. The highest BCUT2D eigenvalue weighted by Crippen LogP contribution is 2.34.